The molecule has 0 saturated carbocycles. The van der Waals surface area contributed by atoms with Crippen LogP contribution in [0, 0.1) is 0 Å². The van der Waals surface area contributed by atoms with Crippen LogP contribution in [0.5, 0.6) is 0 Å². The van der Waals surface area contributed by atoms with Crippen molar-refractivity contribution in [2.45, 2.75) is 46.3 Å². The molecular weight excluding hydrogens is 192 g/mol. The molecule has 2 unspecified atom stereocenters. The molecule has 4 heteroatoms. The van der Waals surface area contributed by atoms with Gasteiger partial charge in [0.25, 0.3) is 0 Å². The van der Waals surface area contributed by atoms with Crippen molar-refractivity contribution in [1.29, 1.82) is 0 Å². The Morgan fingerprint density at radius 2 is 1.87 bits per heavy atom. The molecule has 0 fully saturated rings. The van der Waals surface area contributed by atoms with Crippen molar-refractivity contribution in [2.75, 3.05) is 19.6 Å². The Labute approximate surface area is 92.7 Å². The first-order valence-electron chi connectivity index (χ1n) is 5.76. The summed E-state index contributed by atoms with van der Waals surface area (Å²) in [4.78, 5) is 13.6. The molecule has 15 heavy (non-hydrogen) atoms. The topological polar surface area (TPSA) is 52.6 Å². The molecule has 0 heterocycles. The van der Waals surface area contributed by atoms with E-state index in [-0.39, 0.29) is 18.1 Å². The third-order valence-electron chi connectivity index (χ3n) is 2.58. The van der Waals surface area contributed by atoms with E-state index >= 15 is 0 Å². The summed E-state index contributed by atoms with van der Waals surface area (Å²) in [6.07, 6.45) is 0.344. The highest BCUT2D eigenvalue weighted by molar-refractivity contribution is 5.81. The Morgan fingerprint density at radius 3 is 2.27 bits per heavy atom. The molecule has 1 amide bonds. The molecule has 0 aliphatic carbocycles. The number of likely N-dealkylation sites (N-methyl/N-ethyl adjacent to an activating group) is 1. The second-order valence-electron chi connectivity index (χ2n) is 3.70. The monoisotopic (exact) mass is 216 g/mol. The number of hydrogen-bond acceptors (Lipinski definition) is 3. The highest BCUT2D eigenvalue weighted by Crippen LogP contribution is 1.96. The first kappa shape index (κ1) is 14.4. The van der Waals surface area contributed by atoms with Gasteiger partial charge in [0.2, 0.25) is 5.91 Å². The molecule has 2 N–H and O–H groups in total. The zero-order valence-corrected chi connectivity index (χ0v) is 10.3. The number of rotatable bonds is 7. The average molecular weight is 216 g/mol. The van der Waals surface area contributed by atoms with Crippen molar-refractivity contribution in [3.05, 3.63) is 0 Å². The summed E-state index contributed by atoms with van der Waals surface area (Å²) >= 11 is 0. The lowest BCUT2D eigenvalue weighted by Gasteiger charge is -2.24. The van der Waals surface area contributed by atoms with Crippen molar-refractivity contribution in [3.63, 3.8) is 0 Å². The Bertz CT molecular complexity index is 181. The van der Waals surface area contributed by atoms with E-state index in [1.165, 1.54) is 0 Å². The molecule has 0 aliphatic rings. The maximum atomic E-state index is 11.8. The largest absolute Gasteiger partial charge is 0.392 e. The SMILES string of the molecule is CCC(O)CNC(C)C(=O)N(CC)CC. The minimum absolute atomic E-state index is 0.100. The molecule has 0 rings (SSSR count). The minimum atomic E-state index is -0.364. The van der Waals surface area contributed by atoms with Crippen molar-refractivity contribution in [2.24, 2.45) is 0 Å². The van der Waals surface area contributed by atoms with Gasteiger partial charge in [0.15, 0.2) is 0 Å². The van der Waals surface area contributed by atoms with E-state index in [2.05, 4.69) is 5.32 Å². The quantitative estimate of drug-likeness (QED) is 0.655. The third kappa shape index (κ3) is 5.14. The van der Waals surface area contributed by atoms with Crippen molar-refractivity contribution in [3.8, 4) is 0 Å². The molecular formula is C11H24N2O2. The van der Waals surface area contributed by atoms with Crippen LogP contribution in [0.4, 0.5) is 0 Å². The molecule has 0 bridgehead atoms. The fraction of sp³-hybridized carbons (Fsp3) is 0.909. The van der Waals surface area contributed by atoms with E-state index in [0.717, 1.165) is 13.1 Å². The van der Waals surface area contributed by atoms with Gasteiger partial charge in [-0.15, -0.1) is 0 Å². The van der Waals surface area contributed by atoms with Crippen LogP contribution >= 0.6 is 0 Å². The molecule has 0 saturated heterocycles. The predicted octanol–water partition coefficient (Wildman–Crippen LogP) is 0.604. The standard InChI is InChI=1S/C11H24N2O2/c1-5-10(14)8-12-9(4)11(15)13(6-2)7-3/h9-10,12,14H,5-8H2,1-4H3. The van der Waals surface area contributed by atoms with Crippen LogP contribution in [0.1, 0.15) is 34.1 Å². The van der Waals surface area contributed by atoms with Gasteiger partial charge in [-0.1, -0.05) is 6.92 Å². The number of nitrogens with one attached hydrogen (secondary N) is 1. The number of aliphatic hydroxyl groups is 1. The van der Waals surface area contributed by atoms with Crippen molar-refractivity contribution < 1.29 is 9.90 Å². The summed E-state index contributed by atoms with van der Waals surface area (Å²) in [5, 5.41) is 12.4. The molecule has 4 nitrogen and oxygen atoms in total. The Balaban J connectivity index is 3.97. The van der Waals surface area contributed by atoms with Crippen LogP contribution in [0.3, 0.4) is 0 Å². The molecule has 90 valence electrons. The molecule has 0 aliphatic heterocycles. The summed E-state index contributed by atoms with van der Waals surface area (Å²) < 4.78 is 0. The number of nitrogens with zero attached hydrogens (tertiary/aromatic N) is 1. The van der Waals surface area contributed by atoms with Gasteiger partial charge < -0.3 is 15.3 Å². The molecule has 0 aromatic rings. The lowest BCUT2D eigenvalue weighted by Crippen LogP contribution is -2.46. The van der Waals surface area contributed by atoms with Crippen LogP contribution < -0.4 is 5.32 Å². The molecule has 0 radical (unpaired) electrons. The van der Waals surface area contributed by atoms with Gasteiger partial charge in [0.1, 0.15) is 0 Å². The maximum absolute atomic E-state index is 11.8. The fourth-order valence-electron chi connectivity index (χ4n) is 1.35. The second kappa shape index (κ2) is 7.65. The lowest BCUT2D eigenvalue weighted by atomic mass is 10.2. The van der Waals surface area contributed by atoms with Crippen molar-refractivity contribution in [1.82, 2.24) is 10.2 Å². The van der Waals surface area contributed by atoms with Crippen LogP contribution in [-0.4, -0.2) is 47.7 Å². The van der Waals surface area contributed by atoms with Crippen LogP contribution in [0.2, 0.25) is 0 Å². The van der Waals surface area contributed by atoms with Gasteiger partial charge in [-0.25, -0.2) is 0 Å². The highest BCUT2D eigenvalue weighted by atomic mass is 16.3. The lowest BCUT2D eigenvalue weighted by molar-refractivity contribution is -0.132. The zero-order valence-electron chi connectivity index (χ0n) is 10.3. The van der Waals surface area contributed by atoms with E-state index in [1.54, 1.807) is 4.90 Å². The first-order valence-corrected chi connectivity index (χ1v) is 5.76. The number of carbonyl (C=O) groups is 1. The van der Waals surface area contributed by atoms with Gasteiger partial charge in [-0.3, -0.25) is 4.79 Å². The maximum Gasteiger partial charge on any atom is 0.239 e. The summed E-state index contributed by atoms with van der Waals surface area (Å²) in [5.41, 5.74) is 0. The van der Waals surface area contributed by atoms with Crippen LogP contribution in [-0.2, 0) is 4.79 Å². The normalized spacial score (nSPS) is 14.7. The summed E-state index contributed by atoms with van der Waals surface area (Å²) in [5.74, 6) is 0.100. The smallest absolute Gasteiger partial charge is 0.239 e. The van der Waals surface area contributed by atoms with Gasteiger partial charge in [-0.05, 0) is 27.2 Å². The van der Waals surface area contributed by atoms with E-state index in [1.807, 2.05) is 27.7 Å². The van der Waals surface area contributed by atoms with Gasteiger partial charge in [-0.2, -0.15) is 0 Å². The van der Waals surface area contributed by atoms with Gasteiger partial charge >= 0.3 is 0 Å². The number of carbonyl (C=O) groups excluding carboxylic acids is 1. The van der Waals surface area contributed by atoms with Gasteiger partial charge in [0.05, 0.1) is 12.1 Å². The molecule has 2 atom stereocenters. The molecule has 0 aromatic heterocycles. The van der Waals surface area contributed by atoms with Crippen molar-refractivity contribution >= 4 is 5.91 Å². The first-order chi connectivity index (χ1) is 7.06. The van der Waals surface area contributed by atoms with E-state index in [0.29, 0.717) is 13.0 Å². The predicted molar refractivity (Wildman–Crippen MR) is 61.7 cm³/mol. The second-order valence-corrected chi connectivity index (χ2v) is 3.70. The van der Waals surface area contributed by atoms with E-state index in [9.17, 15) is 9.90 Å². The number of amides is 1. The van der Waals surface area contributed by atoms with Crippen LogP contribution in [0.15, 0.2) is 0 Å². The highest BCUT2D eigenvalue weighted by Gasteiger charge is 2.17. The number of hydrogen-bond donors (Lipinski definition) is 2. The average Bonchev–Trinajstić information content (AvgIpc) is 2.26. The Hall–Kier alpha value is -0.610. The fourth-order valence-corrected chi connectivity index (χ4v) is 1.35. The minimum Gasteiger partial charge on any atom is -0.392 e. The summed E-state index contributed by atoms with van der Waals surface area (Å²) in [6.45, 7) is 9.64. The number of aliphatic hydroxyl groups excluding tert-OH is 1. The third-order valence-corrected chi connectivity index (χ3v) is 2.58. The molecule has 0 aromatic carbocycles. The van der Waals surface area contributed by atoms with Gasteiger partial charge in [0, 0.05) is 19.6 Å². The molecule has 0 spiro atoms. The summed E-state index contributed by atoms with van der Waals surface area (Å²) in [6, 6.07) is -0.217. The Kier molecular flexibility index (Phi) is 7.34. The Morgan fingerprint density at radius 1 is 1.33 bits per heavy atom. The zero-order chi connectivity index (χ0) is 11.8. The van der Waals surface area contributed by atoms with E-state index in [4.69, 9.17) is 0 Å². The summed E-state index contributed by atoms with van der Waals surface area (Å²) in [7, 11) is 0. The van der Waals surface area contributed by atoms with Crippen LogP contribution in [0.25, 0.3) is 0 Å². The van der Waals surface area contributed by atoms with E-state index < -0.39 is 0 Å².